The predicted octanol–water partition coefficient (Wildman–Crippen LogP) is -3.00. The second kappa shape index (κ2) is 14.3. The molecule has 0 saturated carbocycles. The quantitative estimate of drug-likeness (QED) is 0.502. The standard InChI is InChI=1S/C8H16O2.BO3.Zr/c1-3-5-6-7(4-2)8(9)10;2-1(3)4;/h7H,3-6H2,1-2H3,(H,9,10);;/q;-3;+4/p-1. The van der Waals surface area contributed by atoms with Crippen LogP contribution >= 0.6 is 0 Å². The van der Waals surface area contributed by atoms with E-state index in [4.69, 9.17) is 15.1 Å². The number of carboxylic acids is 1. The molecule has 0 aromatic heterocycles. The number of hydrogen-bond acceptors (Lipinski definition) is 5. The molecule has 0 radical (unpaired) electrons. The van der Waals surface area contributed by atoms with E-state index in [9.17, 15) is 9.90 Å². The van der Waals surface area contributed by atoms with Gasteiger partial charge in [-0.15, -0.1) is 0 Å². The third-order valence-corrected chi connectivity index (χ3v) is 1.73. The summed E-state index contributed by atoms with van der Waals surface area (Å²) < 4.78 is 0. The van der Waals surface area contributed by atoms with Gasteiger partial charge in [0.1, 0.15) is 0 Å². The summed E-state index contributed by atoms with van der Waals surface area (Å²) in [5.74, 6) is -1.11. The molecule has 0 aliphatic rings. The number of rotatable bonds is 5. The van der Waals surface area contributed by atoms with Gasteiger partial charge in [-0.1, -0.05) is 26.7 Å². The van der Waals surface area contributed by atoms with Crippen LogP contribution in [0.5, 0.6) is 0 Å². The van der Waals surface area contributed by atoms with Crippen LogP contribution in [0.15, 0.2) is 0 Å². The summed E-state index contributed by atoms with van der Waals surface area (Å²) >= 11 is 0. The number of carbonyl (C=O) groups is 1. The van der Waals surface area contributed by atoms with Gasteiger partial charge in [0.2, 0.25) is 0 Å². The SMILES string of the molecule is CCCCC(CC)C(=O)[O-].[O-]B([O-])[O-].[Zr+4]. The maximum atomic E-state index is 10.3. The Kier molecular flexibility index (Phi) is 19.7. The Labute approximate surface area is 110 Å². The first-order valence-electron chi connectivity index (χ1n) is 4.63. The number of aliphatic carboxylic acids is 1. The van der Waals surface area contributed by atoms with Gasteiger partial charge in [0.05, 0.1) is 0 Å². The minimum atomic E-state index is -2.92. The van der Waals surface area contributed by atoms with Crippen LogP contribution in [0.3, 0.4) is 0 Å². The molecule has 1 unspecified atom stereocenters. The van der Waals surface area contributed by atoms with Crippen molar-refractivity contribution in [3.05, 3.63) is 0 Å². The van der Waals surface area contributed by atoms with E-state index in [1.165, 1.54) is 0 Å². The van der Waals surface area contributed by atoms with Crippen LogP contribution < -0.4 is 20.2 Å². The smallest absolute Gasteiger partial charge is 0.907 e. The molecule has 0 fully saturated rings. The fourth-order valence-electron chi connectivity index (χ4n) is 0.939. The molecule has 0 saturated heterocycles. The summed E-state index contributed by atoms with van der Waals surface area (Å²) in [5.41, 5.74) is 0. The summed E-state index contributed by atoms with van der Waals surface area (Å²) in [7, 11) is -2.92. The fraction of sp³-hybridized carbons (Fsp3) is 0.875. The van der Waals surface area contributed by atoms with Gasteiger partial charge in [0.25, 0.3) is 0 Å². The third kappa shape index (κ3) is 20.4. The van der Waals surface area contributed by atoms with Crippen LogP contribution in [0.4, 0.5) is 0 Å². The second-order valence-electron chi connectivity index (χ2n) is 2.86. The Hall–Kier alpha value is 0.298. The zero-order chi connectivity index (χ0) is 11.6. The van der Waals surface area contributed by atoms with Crippen LogP contribution in [0.25, 0.3) is 0 Å². The maximum Gasteiger partial charge on any atom is 4.00 e. The monoisotopic (exact) mass is 292 g/mol. The predicted molar refractivity (Wildman–Crippen MR) is 44.1 cm³/mol. The zero-order valence-corrected chi connectivity index (χ0v) is 11.5. The zero-order valence-electron chi connectivity index (χ0n) is 9.02. The topological polar surface area (TPSA) is 109 Å². The minimum Gasteiger partial charge on any atom is -0.907 e. The summed E-state index contributed by atoms with van der Waals surface area (Å²) in [6.45, 7) is 3.94. The van der Waals surface area contributed by atoms with Gasteiger partial charge < -0.3 is 25.0 Å². The first-order chi connectivity index (χ1) is 6.45. The largest absolute Gasteiger partial charge is 4.00 e. The van der Waals surface area contributed by atoms with Crippen molar-refractivity contribution in [3.63, 3.8) is 0 Å². The number of unbranched alkanes of at least 4 members (excludes halogenated alkanes) is 1. The van der Waals surface area contributed by atoms with Gasteiger partial charge >= 0.3 is 26.2 Å². The molecule has 0 aliphatic heterocycles. The fourth-order valence-corrected chi connectivity index (χ4v) is 0.939. The van der Waals surface area contributed by atoms with Crippen molar-refractivity contribution in [1.82, 2.24) is 0 Å². The average molecular weight is 293 g/mol. The normalized spacial score (nSPS) is 10.5. The van der Waals surface area contributed by atoms with Gasteiger partial charge in [-0.2, -0.15) is 0 Å². The Morgan fingerprint density at radius 2 is 1.67 bits per heavy atom. The van der Waals surface area contributed by atoms with Crippen molar-refractivity contribution < 1.29 is 51.2 Å². The Bertz CT molecular complexity index is 142. The first kappa shape index (κ1) is 20.7. The molecule has 0 N–H and O–H groups in total. The maximum absolute atomic E-state index is 10.3. The molecule has 1 atom stereocenters. The molecule has 0 bridgehead atoms. The van der Waals surface area contributed by atoms with Gasteiger partial charge in [-0.3, -0.25) is 7.32 Å². The first-order valence-corrected chi connectivity index (χ1v) is 4.63. The van der Waals surface area contributed by atoms with Crippen molar-refractivity contribution in [2.75, 3.05) is 0 Å². The van der Waals surface area contributed by atoms with Crippen LogP contribution in [-0.2, 0) is 31.0 Å². The van der Waals surface area contributed by atoms with Crippen molar-refractivity contribution in [2.45, 2.75) is 39.5 Å². The molecule has 0 amide bonds. The molecule has 0 aromatic carbocycles. The van der Waals surface area contributed by atoms with E-state index < -0.39 is 13.3 Å². The van der Waals surface area contributed by atoms with Crippen LogP contribution in [0, 0.1) is 5.92 Å². The van der Waals surface area contributed by atoms with E-state index in [1.54, 1.807) is 0 Å². The number of hydrogen-bond donors (Lipinski definition) is 0. The van der Waals surface area contributed by atoms with E-state index in [-0.39, 0.29) is 32.1 Å². The van der Waals surface area contributed by atoms with Gasteiger partial charge in [-0.05, 0) is 18.8 Å². The summed E-state index contributed by atoms with van der Waals surface area (Å²) in [6, 6.07) is 0. The molecule has 84 valence electrons. The summed E-state index contributed by atoms with van der Waals surface area (Å²) in [5, 5.41) is 35.6. The van der Waals surface area contributed by atoms with Crippen LogP contribution in [0.1, 0.15) is 39.5 Å². The molecule has 5 nitrogen and oxygen atoms in total. The Morgan fingerprint density at radius 3 is 1.87 bits per heavy atom. The molecule has 0 aliphatic carbocycles. The third-order valence-electron chi connectivity index (χ3n) is 1.73. The Balaban J connectivity index is -0.000000249. The van der Waals surface area contributed by atoms with E-state index in [0.717, 1.165) is 19.3 Å². The second-order valence-corrected chi connectivity index (χ2v) is 2.86. The minimum absolute atomic E-state index is 0. The van der Waals surface area contributed by atoms with Crippen molar-refractivity contribution in [1.29, 1.82) is 0 Å². The van der Waals surface area contributed by atoms with Crippen LogP contribution in [-0.4, -0.2) is 13.3 Å². The summed E-state index contributed by atoms with van der Waals surface area (Å²) in [4.78, 5) is 10.3. The Morgan fingerprint density at radius 1 is 1.27 bits per heavy atom. The van der Waals surface area contributed by atoms with Gasteiger partial charge in [-0.25, -0.2) is 0 Å². The van der Waals surface area contributed by atoms with E-state index >= 15 is 0 Å². The molecule has 15 heavy (non-hydrogen) atoms. The molecule has 0 spiro atoms. The number of carbonyl (C=O) groups excluding carboxylic acids is 1. The molecular weight excluding hydrogens is 278 g/mol. The van der Waals surface area contributed by atoms with Gasteiger partial charge in [0.15, 0.2) is 0 Å². The average Bonchev–Trinajstić information content (AvgIpc) is 2.04. The van der Waals surface area contributed by atoms with E-state index in [0.29, 0.717) is 6.42 Å². The summed E-state index contributed by atoms with van der Waals surface area (Å²) in [6.07, 6.45) is 3.52. The van der Waals surface area contributed by atoms with Crippen LogP contribution in [0.2, 0.25) is 0 Å². The molecular formula is C8H15BO5Zr. The van der Waals surface area contributed by atoms with E-state index in [2.05, 4.69) is 6.92 Å². The van der Waals surface area contributed by atoms with Crippen molar-refractivity contribution in [3.8, 4) is 0 Å². The van der Waals surface area contributed by atoms with E-state index in [1.807, 2.05) is 6.92 Å². The molecule has 0 heterocycles. The van der Waals surface area contributed by atoms with Gasteiger partial charge in [0, 0.05) is 5.97 Å². The van der Waals surface area contributed by atoms with Crippen molar-refractivity contribution in [2.24, 2.45) is 5.92 Å². The molecule has 7 heteroatoms. The van der Waals surface area contributed by atoms with Crippen molar-refractivity contribution >= 4 is 13.3 Å². The molecule has 0 rings (SSSR count). The number of carboxylic acid groups (broad SMARTS) is 1. The molecule has 0 aromatic rings.